The smallest absolute Gasteiger partial charge is 0.220 e. The van der Waals surface area contributed by atoms with E-state index >= 15 is 0 Å². The SMILES string of the molecule is N#Cc1ccccc1CSCCNC(=O)CCc1ccc(F)c(F)c1. The Morgan fingerprint density at radius 3 is 2.72 bits per heavy atom. The summed E-state index contributed by atoms with van der Waals surface area (Å²) in [5.41, 5.74) is 2.25. The molecule has 1 N–H and O–H groups in total. The Bertz CT molecular complexity index is 774. The second kappa shape index (κ2) is 9.80. The highest BCUT2D eigenvalue weighted by molar-refractivity contribution is 7.98. The third-order valence-electron chi connectivity index (χ3n) is 3.59. The van der Waals surface area contributed by atoms with Gasteiger partial charge in [0.05, 0.1) is 11.6 Å². The van der Waals surface area contributed by atoms with Crippen LogP contribution in [0.2, 0.25) is 0 Å². The highest BCUT2D eigenvalue weighted by Crippen LogP contribution is 2.15. The summed E-state index contributed by atoms with van der Waals surface area (Å²) in [6, 6.07) is 13.3. The van der Waals surface area contributed by atoms with Gasteiger partial charge in [-0.2, -0.15) is 17.0 Å². The number of hydrogen-bond acceptors (Lipinski definition) is 3. The molecule has 130 valence electrons. The number of nitrogens with zero attached hydrogens (tertiary/aromatic N) is 1. The molecule has 25 heavy (non-hydrogen) atoms. The summed E-state index contributed by atoms with van der Waals surface area (Å²) >= 11 is 1.64. The Kier molecular flexibility index (Phi) is 7.42. The van der Waals surface area contributed by atoms with Gasteiger partial charge in [-0.05, 0) is 35.7 Å². The zero-order chi connectivity index (χ0) is 18.1. The zero-order valence-corrected chi connectivity index (χ0v) is 14.4. The van der Waals surface area contributed by atoms with Crippen LogP contribution in [-0.2, 0) is 17.0 Å². The van der Waals surface area contributed by atoms with Gasteiger partial charge in [-0.3, -0.25) is 4.79 Å². The van der Waals surface area contributed by atoms with E-state index in [2.05, 4.69) is 11.4 Å². The van der Waals surface area contributed by atoms with Gasteiger partial charge in [0.2, 0.25) is 5.91 Å². The Morgan fingerprint density at radius 2 is 1.96 bits per heavy atom. The predicted octanol–water partition coefficient (Wildman–Crippen LogP) is 3.82. The van der Waals surface area contributed by atoms with Gasteiger partial charge in [0.1, 0.15) is 0 Å². The van der Waals surface area contributed by atoms with Gasteiger partial charge in [-0.25, -0.2) is 8.78 Å². The number of halogens is 2. The van der Waals surface area contributed by atoms with Crippen molar-refractivity contribution < 1.29 is 13.6 Å². The average molecular weight is 360 g/mol. The number of thioether (sulfide) groups is 1. The van der Waals surface area contributed by atoms with Crippen LogP contribution in [0.1, 0.15) is 23.1 Å². The predicted molar refractivity (Wildman–Crippen MR) is 95.0 cm³/mol. The largest absolute Gasteiger partial charge is 0.355 e. The van der Waals surface area contributed by atoms with Crippen molar-refractivity contribution >= 4 is 17.7 Å². The molecule has 0 aliphatic carbocycles. The number of hydrogen-bond donors (Lipinski definition) is 1. The lowest BCUT2D eigenvalue weighted by molar-refractivity contribution is -0.120. The van der Waals surface area contributed by atoms with Crippen LogP contribution in [0.3, 0.4) is 0 Å². The van der Waals surface area contributed by atoms with Crippen molar-refractivity contribution in [1.29, 1.82) is 5.26 Å². The van der Waals surface area contributed by atoms with E-state index in [4.69, 9.17) is 5.26 Å². The fourth-order valence-corrected chi connectivity index (χ4v) is 3.10. The van der Waals surface area contributed by atoms with E-state index in [1.807, 2.05) is 18.2 Å². The minimum atomic E-state index is -0.896. The molecule has 0 heterocycles. The van der Waals surface area contributed by atoms with Gasteiger partial charge in [0, 0.05) is 24.5 Å². The van der Waals surface area contributed by atoms with Crippen molar-refractivity contribution in [3.05, 3.63) is 70.8 Å². The lowest BCUT2D eigenvalue weighted by Crippen LogP contribution is -2.25. The topological polar surface area (TPSA) is 52.9 Å². The number of aryl methyl sites for hydroxylation is 1. The van der Waals surface area contributed by atoms with Crippen molar-refractivity contribution in [2.45, 2.75) is 18.6 Å². The third-order valence-corrected chi connectivity index (χ3v) is 4.60. The maximum atomic E-state index is 13.1. The molecule has 2 aromatic carbocycles. The van der Waals surface area contributed by atoms with Crippen molar-refractivity contribution in [2.24, 2.45) is 0 Å². The minimum absolute atomic E-state index is 0.122. The van der Waals surface area contributed by atoms with Crippen molar-refractivity contribution in [2.75, 3.05) is 12.3 Å². The summed E-state index contributed by atoms with van der Waals surface area (Å²) in [4.78, 5) is 11.8. The fraction of sp³-hybridized carbons (Fsp3) is 0.263. The number of benzene rings is 2. The number of nitrogens with one attached hydrogen (secondary N) is 1. The molecule has 3 nitrogen and oxygen atoms in total. The fourth-order valence-electron chi connectivity index (χ4n) is 2.24. The first-order valence-corrected chi connectivity index (χ1v) is 9.02. The summed E-state index contributed by atoms with van der Waals surface area (Å²) in [5.74, 6) is -0.455. The second-order valence-corrected chi connectivity index (χ2v) is 6.53. The van der Waals surface area contributed by atoms with E-state index in [-0.39, 0.29) is 12.3 Å². The molecule has 1 amide bonds. The van der Waals surface area contributed by atoms with Gasteiger partial charge < -0.3 is 5.32 Å². The molecular weight excluding hydrogens is 342 g/mol. The quantitative estimate of drug-likeness (QED) is 0.728. The van der Waals surface area contributed by atoms with Gasteiger partial charge in [0.25, 0.3) is 0 Å². The van der Waals surface area contributed by atoms with Crippen molar-refractivity contribution in [3.8, 4) is 6.07 Å². The van der Waals surface area contributed by atoms with Crippen LogP contribution in [0.25, 0.3) is 0 Å². The first-order chi connectivity index (χ1) is 12.1. The third kappa shape index (κ3) is 6.20. The van der Waals surface area contributed by atoms with Crippen molar-refractivity contribution in [1.82, 2.24) is 5.32 Å². The lowest BCUT2D eigenvalue weighted by atomic mass is 10.1. The minimum Gasteiger partial charge on any atom is -0.355 e. The summed E-state index contributed by atoms with van der Waals surface area (Å²) < 4.78 is 25.9. The Balaban J connectivity index is 1.64. The molecule has 0 aliphatic heterocycles. The molecular formula is C19H18F2N2OS. The van der Waals surface area contributed by atoms with Crippen LogP contribution < -0.4 is 5.32 Å². The van der Waals surface area contributed by atoms with E-state index in [9.17, 15) is 13.6 Å². The maximum absolute atomic E-state index is 13.1. The van der Waals surface area contributed by atoms with E-state index in [0.29, 0.717) is 29.8 Å². The van der Waals surface area contributed by atoms with E-state index < -0.39 is 11.6 Å². The number of carbonyl (C=O) groups excluding carboxylic acids is 1. The van der Waals surface area contributed by atoms with E-state index in [0.717, 1.165) is 23.4 Å². The average Bonchev–Trinajstić information content (AvgIpc) is 2.62. The molecule has 0 atom stereocenters. The van der Waals surface area contributed by atoms with E-state index in [1.54, 1.807) is 17.8 Å². The molecule has 0 saturated carbocycles. The first kappa shape index (κ1) is 18.9. The number of carbonyl (C=O) groups is 1. The molecule has 0 aliphatic rings. The van der Waals surface area contributed by atoms with Gasteiger partial charge >= 0.3 is 0 Å². The molecule has 0 unspecified atom stereocenters. The lowest BCUT2D eigenvalue weighted by Gasteiger charge is -2.07. The standard InChI is InChI=1S/C19H18F2N2OS/c20-17-7-5-14(11-18(17)21)6-8-19(24)23-9-10-25-13-16-4-2-1-3-15(16)12-22/h1-5,7,11H,6,8-10,13H2,(H,23,24). The Morgan fingerprint density at radius 1 is 1.16 bits per heavy atom. The summed E-state index contributed by atoms with van der Waals surface area (Å²) in [7, 11) is 0. The van der Waals surface area contributed by atoms with Crippen LogP contribution in [0.4, 0.5) is 8.78 Å². The van der Waals surface area contributed by atoms with E-state index in [1.165, 1.54) is 6.07 Å². The van der Waals surface area contributed by atoms with Crippen LogP contribution in [0.5, 0.6) is 0 Å². The highest BCUT2D eigenvalue weighted by atomic mass is 32.2. The molecule has 6 heteroatoms. The first-order valence-electron chi connectivity index (χ1n) is 7.86. The molecule has 0 spiro atoms. The van der Waals surface area contributed by atoms with Crippen LogP contribution in [0, 0.1) is 23.0 Å². The summed E-state index contributed by atoms with van der Waals surface area (Å²) in [6.45, 7) is 0.524. The second-order valence-electron chi connectivity index (χ2n) is 5.42. The summed E-state index contributed by atoms with van der Waals surface area (Å²) in [6.07, 6.45) is 0.596. The highest BCUT2D eigenvalue weighted by Gasteiger charge is 2.06. The number of rotatable bonds is 8. The molecule has 0 fully saturated rings. The molecule has 2 rings (SSSR count). The molecule has 2 aromatic rings. The Labute approximate surface area is 150 Å². The molecule has 0 radical (unpaired) electrons. The van der Waals surface area contributed by atoms with Crippen LogP contribution in [-0.4, -0.2) is 18.2 Å². The maximum Gasteiger partial charge on any atom is 0.220 e. The number of nitriles is 1. The normalized spacial score (nSPS) is 10.3. The van der Waals surface area contributed by atoms with Gasteiger partial charge in [-0.15, -0.1) is 0 Å². The van der Waals surface area contributed by atoms with Crippen LogP contribution in [0.15, 0.2) is 42.5 Å². The molecule has 0 aromatic heterocycles. The van der Waals surface area contributed by atoms with Gasteiger partial charge in [-0.1, -0.05) is 24.3 Å². The molecule has 0 bridgehead atoms. The van der Waals surface area contributed by atoms with Crippen molar-refractivity contribution in [3.63, 3.8) is 0 Å². The van der Waals surface area contributed by atoms with Crippen LogP contribution >= 0.6 is 11.8 Å². The molecule has 0 saturated heterocycles. The zero-order valence-electron chi connectivity index (χ0n) is 13.6. The Hall–Kier alpha value is -2.39. The van der Waals surface area contributed by atoms with Gasteiger partial charge in [0.15, 0.2) is 11.6 Å². The summed E-state index contributed by atoms with van der Waals surface area (Å²) in [5, 5.41) is 11.8. The number of amides is 1. The monoisotopic (exact) mass is 360 g/mol.